The maximum absolute atomic E-state index is 13.7. The third-order valence-electron chi connectivity index (χ3n) is 4.21. The van der Waals surface area contributed by atoms with Gasteiger partial charge in [-0.25, -0.2) is 8.78 Å². The third-order valence-corrected chi connectivity index (χ3v) is 4.21. The van der Waals surface area contributed by atoms with E-state index in [-0.39, 0.29) is 29.3 Å². The van der Waals surface area contributed by atoms with Crippen LogP contribution in [0.1, 0.15) is 38.8 Å². The number of carbonyl (C=O) groups is 1. The van der Waals surface area contributed by atoms with Crippen LogP contribution in [0.5, 0.6) is 0 Å². The molecule has 1 aromatic carbocycles. The van der Waals surface area contributed by atoms with Crippen molar-refractivity contribution in [1.29, 1.82) is 0 Å². The van der Waals surface area contributed by atoms with E-state index in [0.29, 0.717) is 13.0 Å². The highest BCUT2D eigenvalue weighted by Crippen LogP contribution is 2.34. The van der Waals surface area contributed by atoms with Crippen LogP contribution in [-0.4, -0.2) is 23.9 Å². The topological polar surface area (TPSA) is 46.3 Å². The van der Waals surface area contributed by atoms with E-state index in [1.54, 1.807) is 4.90 Å². The van der Waals surface area contributed by atoms with Crippen molar-refractivity contribution in [2.45, 2.75) is 33.2 Å². The Balaban J connectivity index is 2.08. The summed E-state index contributed by atoms with van der Waals surface area (Å²) in [5, 5.41) is 0. The minimum absolute atomic E-state index is 0.0298. The number of hydrogen-bond donors (Lipinski definition) is 1. The molecule has 3 nitrogen and oxygen atoms in total. The zero-order valence-electron chi connectivity index (χ0n) is 12.7. The fourth-order valence-electron chi connectivity index (χ4n) is 2.66. The molecule has 0 aliphatic carbocycles. The number of halogens is 2. The number of likely N-dealkylation sites (tertiary alicyclic amines) is 1. The average Bonchev–Trinajstić information content (AvgIpc) is 2.74. The molecule has 1 fully saturated rings. The van der Waals surface area contributed by atoms with Crippen molar-refractivity contribution < 1.29 is 13.6 Å². The molecule has 1 aliphatic heterocycles. The van der Waals surface area contributed by atoms with Crippen LogP contribution in [0.4, 0.5) is 8.78 Å². The maximum Gasteiger partial charge on any atom is 0.223 e. The van der Waals surface area contributed by atoms with E-state index < -0.39 is 17.7 Å². The lowest BCUT2D eigenvalue weighted by Gasteiger charge is -2.27. The van der Waals surface area contributed by atoms with Crippen LogP contribution in [0.3, 0.4) is 0 Å². The summed E-state index contributed by atoms with van der Waals surface area (Å²) in [7, 11) is 0. The number of amides is 1. The zero-order chi connectivity index (χ0) is 15.8. The van der Waals surface area contributed by atoms with Gasteiger partial charge in [0.1, 0.15) is 11.6 Å². The van der Waals surface area contributed by atoms with E-state index in [1.807, 2.05) is 0 Å². The molecular weight excluding hydrogens is 274 g/mol. The second-order valence-electron chi connectivity index (χ2n) is 6.84. The maximum atomic E-state index is 13.7. The van der Waals surface area contributed by atoms with Gasteiger partial charge in [-0.1, -0.05) is 20.8 Å². The average molecular weight is 296 g/mol. The van der Waals surface area contributed by atoms with E-state index in [1.165, 1.54) is 0 Å². The Morgan fingerprint density at radius 1 is 1.38 bits per heavy atom. The number of nitrogens with zero attached hydrogens (tertiary/aromatic N) is 1. The van der Waals surface area contributed by atoms with E-state index in [0.717, 1.165) is 18.2 Å². The monoisotopic (exact) mass is 296 g/mol. The van der Waals surface area contributed by atoms with Gasteiger partial charge in [-0.05, 0) is 29.5 Å². The predicted octanol–water partition coefficient (Wildman–Crippen LogP) is 2.86. The van der Waals surface area contributed by atoms with Crippen molar-refractivity contribution in [3.8, 4) is 0 Å². The molecule has 2 N–H and O–H groups in total. The van der Waals surface area contributed by atoms with Crippen molar-refractivity contribution in [2.75, 3.05) is 13.1 Å². The summed E-state index contributed by atoms with van der Waals surface area (Å²) >= 11 is 0. The minimum Gasteiger partial charge on any atom is -0.340 e. The molecule has 0 radical (unpaired) electrons. The first-order chi connectivity index (χ1) is 9.68. The second-order valence-corrected chi connectivity index (χ2v) is 6.84. The normalized spacial score (nSPS) is 21.0. The van der Waals surface area contributed by atoms with Crippen LogP contribution in [0, 0.1) is 23.0 Å². The molecule has 116 valence electrons. The Kier molecular flexibility index (Phi) is 4.33. The van der Waals surface area contributed by atoms with Gasteiger partial charge in [0, 0.05) is 25.1 Å². The third kappa shape index (κ3) is 3.59. The van der Waals surface area contributed by atoms with Gasteiger partial charge in [0.05, 0.1) is 6.04 Å². The molecule has 0 aromatic heterocycles. The molecule has 5 heteroatoms. The van der Waals surface area contributed by atoms with Gasteiger partial charge in [-0.3, -0.25) is 4.79 Å². The van der Waals surface area contributed by atoms with Gasteiger partial charge >= 0.3 is 0 Å². The predicted molar refractivity (Wildman–Crippen MR) is 77.4 cm³/mol. The van der Waals surface area contributed by atoms with Crippen LogP contribution >= 0.6 is 0 Å². The van der Waals surface area contributed by atoms with Crippen molar-refractivity contribution >= 4 is 5.91 Å². The lowest BCUT2D eigenvalue weighted by atomic mass is 9.80. The van der Waals surface area contributed by atoms with Gasteiger partial charge in [0.15, 0.2) is 0 Å². The molecule has 2 atom stereocenters. The Labute approximate surface area is 124 Å². The second kappa shape index (κ2) is 5.72. The number of hydrogen-bond acceptors (Lipinski definition) is 2. The number of benzene rings is 1. The Bertz CT molecular complexity index is 540. The molecular formula is C16H22F2N2O. The molecule has 2 rings (SSSR count). The van der Waals surface area contributed by atoms with Crippen LogP contribution in [-0.2, 0) is 4.79 Å². The summed E-state index contributed by atoms with van der Waals surface area (Å²) in [4.78, 5) is 13.7. The molecule has 1 amide bonds. The summed E-state index contributed by atoms with van der Waals surface area (Å²) in [6, 6.07) is 2.50. The number of nitrogens with two attached hydrogens (primary N) is 1. The summed E-state index contributed by atoms with van der Waals surface area (Å²) in [6.07, 6.45) is 0.488. The lowest BCUT2D eigenvalue weighted by Crippen LogP contribution is -2.34. The highest BCUT2D eigenvalue weighted by molar-refractivity contribution is 5.78. The first-order valence-electron chi connectivity index (χ1n) is 7.17. The largest absolute Gasteiger partial charge is 0.340 e. The fourth-order valence-corrected chi connectivity index (χ4v) is 2.66. The Morgan fingerprint density at radius 3 is 2.62 bits per heavy atom. The van der Waals surface area contributed by atoms with E-state index in [9.17, 15) is 13.6 Å². The number of carbonyl (C=O) groups excluding carboxylic acids is 1. The fraction of sp³-hybridized carbons (Fsp3) is 0.562. The van der Waals surface area contributed by atoms with Gasteiger partial charge < -0.3 is 10.6 Å². The van der Waals surface area contributed by atoms with E-state index in [4.69, 9.17) is 5.73 Å². The summed E-state index contributed by atoms with van der Waals surface area (Å²) in [5.74, 6) is -0.776. The van der Waals surface area contributed by atoms with Crippen molar-refractivity contribution in [3.05, 3.63) is 35.4 Å². The standard InChI is InChI=1S/C16H22F2N2O/c1-16(2,3)10-6-15(21)20(8-10)9-14(19)12-7-11(17)4-5-13(12)18/h4-5,7,10,14H,6,8-9,19H2,1-3H3. The molecule has 1 saturated heterocycles. The van der Waals surface area contributed by atoms with Gasteiger partial charge in [0.2, 0.25) is 5.91 Å². The zero-order valence-corrected chi connectivity index (χ0v) is 12.7. The SMILES string of the molecule is CC(C)(C)C1CC(=O)N(CC(N)c2cc(F)ccc2F)C1. The van der Waals surface area contributed by atoms with E-state index in [2.05, 4.69) is 20.8 Å². The van der Waals surface area contributed by atoms with Crippen LogP contribution in [0.15, 0.2) is 18.2 Å². The Morgan fingerprint density at radius 2 is 2.05 bits per heavy atom. The van der Waals surface area contributed by atoms with Crippen LogP contribution in [0.25, 0.3) is 0 Å². The number of rotatable bonds is 3. The van der Waals surface area contributed by atoms with Crippen molar-refractivity contribution in [3.63, 3.8) is 0 Å². The smallest absolute Gasteiger partial charge is 0.223 e. The van der Waals surface area contributed by atoms with E-state index >= 15 is 0 Å². The molecule has 0 spiro atoms. The molecule has 1 aliphatic rings. The molecule has 21 heavy (non-hydrogen) atoms. The molecule has 1 heterocycles. The van der Waals surface area contributed by atoms with Crippen molar-refractivity contribution in [1.82, 2.24) is 4.90 Å². The minimum atomic E-state index is -0.719. The molecule has 1 aromatic rings. The lowest BCUT2D eigenvalue weighted by molar-refractivity contribution is -0.128. The van der Waals surface area contributed by atoms with Gasteiger partial charge in [-0.2, -0.15) is 0 Å². The summed E-state index contributed by atoms with van der Waals surface area (Å²) in [6.45, 7) is 7.13. The first-order valence-corrected chi connectivity index (χ1v) is 7.17. The molecule has 0 saturated carbocycles. The van der Waals surface area contributed by atoms with Gasteiger partial charge in [0.25, 0.3) is 0 Å². The summed E-state index contributed by atoms with van der Waals surface area (Å²) < 4.78 is 26.9. The molecule has 0 bridgehead atoms. The summed E-state index contributed by atoms with van der Waals surface area (Å²) in [5.41, 5.74) is 6.11. The van der Waals surface area contributed by atoms with Crippen LogP contribution < -0.4 is 5.73 Å². The van der Waals surface area contributed by atoms with Crippen LogP contribution in [0.2, 0.25) is 0 Å². The van der Waals surface area contributed by atoms with Gasteiger partial charge in [-0.15, -0.1) is 0 Å². The first kappa shape index (κ1) is 15.9. The van der Waals surface area contributed by atoms with Crippen molar-refractivity contribution in [2.24, 2.45) is 17.1 Å². The highest BCUT2D eigenvalue weighted by Gasteiger charge is 2.37. The molecule has 2 unspecified atom stereocenters. The Hall–Kier alpha value is -1.49. The highest BCUT2D eigenvalue weighted by atomic mass is 19.1. The quantitative estimate of drug-likeness (QED) is 0.932.